The number of nitrogens with one attached hydrogen (secondary N) is 1. The van der Waals surface area contributed by atoms with E-state index in [9.17, 15) is 4.79 Å². The van der Waals surface area contributed by atoms with Gasteiger partial charge in [-0.15, -0.1) is 0 Å². The molecule has 20 heavy (non-hydrogen) atoms. The molecule has 0 saturated heterocycles. The highest BCUT2D eigenvalue weighted by Crippen LogP contribution is 2.49. The molecule has 5 heteroatoms. The smallest absolute Gasteiger partial charge is 0.306 e. The first-order valence-corrected chi connectivity index (χ1v) is 8.12. The zero-order chi connectivity index (χ0) is 14.3. The van der Waals surface area contributed by atoms with Crippen molar-refractivity contribution in [2.24, 2.45) is 17.8 Å². The van der Waals surface area contributed by atoms with Gasteiger partial charge in [0.05, 0.1) is 10.9 Å². The van der Waals surface area contributed by atoms with Crippen molar-refractivity contribution < 1.29 is 9.90 Å². The van der Waals surface area contributed by atoms with Crippen LogP contribution in [0.1, 0.15) is 24.8 Å². The van der Waals surface area contributed by atoms with Gasteiger partial charge in [-0.05, 0) is 58.7 Å². The maximum Gasteiger partial charge on any atom is 0.306 e. The Kier molecular flexibility index (Phi) is 4.07. The van der Waals surface area contributed by atoms with Gasteiger partial charge in [0.25, 0.3) is 0 Å². The third kappa shape index (κ3) is 2.61. The highest BCUT2D eigenvalue weighted by atomic mass is 79.9. The van der Waals surface area contributed by atoms with Crippen molar-refractivity contribution in [1.82, 2.24) is 5.32 Å². The van der Waals surface area contributed by atoms with Gasteiger partial charge in [0, 0.05) is 17.1 Å². The van der Waals surface area contributed by atoms with Crippen LogP contribution in [-0.4, -0.2) is 17.1 Å². The van der Waals surface area contributed by atoms with E-state index in [0.29, 0.717) is 17.9 Å². The molecule has 0 heterocycles. The van der Waals surface area contributed by atoms with E-state index in [1.54, 1.807) is 0 Å². The first kappa shape index (κ1) is 14.4. The minimum absolute atomic E-state index is 0.133. The van der Waals surface area contributed by atoms with Crippen molar-refractivity contribution in [3.8, 4) is 0 Å². The summed E-state index contributed by atoms with van der Waals surface area (Å²) in [5, 5.41) is 13.4. The number of hydrogen-bond acceptors (Lipinski definition) is 2. The minimum Gasteiger partial charge on any atom is -0.481 e. The number of aliphatic carboxylic acids is 1. The van der Waals surface area contributed by atoms with Gasteiger partial charge in [-0.2, -0.15) is 0 Å². The molecule has 108 valence electrons. The average molecular weight is 359 g/mol. The Labute approximate surface area is 131 Å². The molecule has 0 bridgehead atoms. The lowest BCUT2D eigenvalue weighted by Crippen LogP contribution is -2.47. The predicted octanol–water partition coefficient (Wildman–Crippen LogP) is 3.69. The van der Waals surface area contributed by atoms with Crippen LogP contribution in [0.3, 0.4) is 0 Å². The summed E-state index contributed by atoms with van der Waals surface area (Å²) in [4.78, 5) is 11.0. The third-order valence-corrected chi connectivity index (χ3v) is 6.09. The van der Waals surface area contributed by atoms with E-state index in [1.807, 2.05) is 18.2 Å². The first-order valence-electron chi connectivity index (χ1n) is 6.95. The summed E-state index contributed by atoms with van der Waals surface area (Å²) in [6.07, 6.45) is 2.78. The standard InChI is InChI=1S/C15H17BrClNO2/c16-12-3-1-2-8(14(12)17)7-18-13-6-9-4-10(15(19)20)5-11(9)13/h1-3,9-11,13,18H,4-7H2,(H,19,20). The van der Waals surface area contributed by atoms with Crippen LogP contribution in [0.2, 0.25) is 5.02 Å². The molecule has 0 amide bonds. The Balaban J connectivity index is 1.56. The summed E-state index contributed by atoms with van der Waals surface area (Å²) >= 11 is 9.68. The zero-order valence-corrected chi connectivity index (χ0v) is 13.3. The van der Waals surface area contributed by atoms with Crippen LogP contribution in [-0.2, 0) is 11.3 Å². The summed E-state index contributed by atoms with van der Waals surface area (Å²) in [6, 6.07) is 6.37. The van der Waals surface area contributed by atoms with Crippen molar-refractivity contribution >= 4 is 33.5 Å². The van der Waals surface area contributed by atoms with Gasteiger partial charge < -0.3 is 10.4 Å². The normalized spacial score (nSPS) is 31.7. The van der Waals surface area contributed by atoms with Crippen LogP contribution in [0, 0.1) is 17.8 Å². The van der Waals surface area contributed by atoms with Crippen LogP contribution in [0.15, 0.2) is 22.7 Å². The van der Waals surface area contributed by atoms with Crippen molar-refractivity contribution in [3.63, 3.8) is 0 Å². The molecule has 0 aromatic heterocycles. The molecule has 1 aromatic rings. The van der Waals surface area contributed by atoms with Gasteiger partial charge in [-0.1, -0.05) is 23.7 Å². The maximum atomic E-state index is 11.0. The first-order chi connectivity index (χ1) is 9.56. The maximum absolute atomic E-state index is 11.0. The summed E-state index contributed by atoms with van der Waals surface area (Å²) in [6.45, 7) is 0.740. The van der Waals surface area contributed by atoms with Gasteiger partial charge in [-0.3, -0.25) is 4.79 Å². The lowest BCUT2D eigenvalue weighted by atomic mass is 9.71. The fourth-order valence-corrected chi connectivity index (χ4v) is 4.19. The Morgan fingerprint density at radius 3 is 2.95 bits per heavy atom. The second-order valence-electron chi connectivity index (χ2n) is 5.87. The van der Waals surface area contributed by atoms with E-state index < -0.39 is 5.97 Å². The van der Waals surface area contributed by atoms with Crippen molar-refractivity contribution in [1.29, 1.82) is 0 Å². The van der Waals surface area contributed by atoms with E-state index >= 15 is 0 Å². The van der Waals surface area contributed by atoms with Crippen molar-refractivity contribution in [3.05, 3.63) is 33.3 Å². The molecule has 2 aliphatic carbocycles. The highest BCUT2D eigenvalue weighted by Gasteiger charge is 2.49. The number of carboxylic acid groups (broad SMARTS) is 1. The van der Waals surface area contributed by atoms with Crippen LogP contribution >= 0.6 is 27.5 Å². The van der Waals surface area contributed by atoms with Gasteiger partial charge in [0.15, 0.2) is 0 Å². The van der Waals surface area contributed by atoms with Crippen LogP contribution in [0.5, 0.6) is 0 Å². The zero-order valence-electron chi connectivity index (χ0n) is 11.0. The highest BCUT2D eigenvalue weighted by molar-refractivity contribution is 9.10. The van der Waals surface area contributed by atoms with Crippen LogP contribution in [0.25, 0.3) is 0 Å². The van der Waals surface area contributed by atoms with Gasteiger partial charge >= 0.3 is 5.97 Å². The lowest BCUT2D eigenvalue weighted by Gasteiger charge is -2.41. The Hall–Kier alpha value is -0.580. The SMILES string of the molecule is O=C(O)C1CC2CC(NCc3cccc(Br)c3Cl)C2C1. The number of rotatable bonds is 4. The number of benzene rings is 1. The van der Waals surface area contributed by atoms with Crippen LogP contribution < -0.4 is 5.32 Å². The number of carbonyl (C=O) groups is 1. The Morgan fingerprint density at radius 1 is 1.40 bits per heavy atom. The fourth-order valence-electron chi connectivity index (χ4n) is 3.59. The summed E-state index contributed by atoms with van der Waals surface area (Å²) in [7, 11) is 0. The average Bonchev–Trinajstić information content (AvgIpc) is 2.73. The van der Waals surface area contributed by atoms with Gasteiger partial charge in [0.2, 0.25) is 0 Å². The van der Waals surface area contributed by atoms with Gasteiger partial charge in [-0.25, -0.2) is 0 Å². The van der Waals surface area contributed by atoms with Gasteiger partial charge in [0.1, 0.15) is 0 Å². The predicted molar refractivity (Wildman–Crippen MR) is 81.7 cm³/mol. The molecule has 2 fully saturated rings. The molecule has 0 radical (unpaired) electrons. The molecule has 2 aliphatic rings. The Morgan fingerprint density at radius 2 is 2.20 bits per heavy atom. The second kappa shape index (κ2) is 5.66. The molecule has 3 nitrogen and oxygen atoms in total. The second-order valence-corrected chi connectivity index (χ2v) is 7.10. The number of fused-ring (bicyclic) bond motifs is 1. The minimum atomic E-state index is -0.631. The quantitative estimate of drug-likeness (QED) is 0.863. The van der Waals surface area contributed by atoms with E-state index in [2.05, 4.69) is 21.2 Å². The summed E-state index contributed by atoms with van der Waals surface area (Å²) in [5.41, 5.74) is 1.08. The van der Waals surface area contributed by atoms with E-state index in [0.717, 1.165) is 40.9 Å². The summed E-state index contributed by atoms with van der Waals surface area (Å²) < 4.78 is 0.914. The molecule has 1 aromatic carbocycles. The number of hydrogen-bond donors (Lipinski definition) is 2. The van der Waals surface area contributed by atoms with E-state index in [1.165, 1.54) is 0 Å². The monoisotopic (exact) mass is 357 g/mol. The molecule has 4 unspecified atom stereocenters. The number of halogens is 2. The van der Waals surface area contributed by atoms with Crippen LogP contribution in [0.4, 0.5) is 0 Å². The molecule has 0 aliphatic heterocycles. The van der Waals surface area contributed by atoms with E-state index in [-0.39, 0.29) is 5.92 Å². The molecule has 2 N–H and O–H groups in total. The number of carboxylic acids is 1. The fraction of sp³-hybridized carbons (Fsp3) is 0.533. The summed E-state index contributed by atoms with van der Waals surface area (Å²) in [5.74, 6) is 0.369. The molecular weight excluding hydrogens is 342 g/mol. The van der Waals surface area contributed by atoms with Crippen molar-refractivity contribution in [2.75, 3.05) is 0 Å². The largest absolute Gasteiger partial charge is 0.481 e. The lowest BCUT2D eigenvalue weighted by molar-refractivity contribution is -0.141. The molecule has 0 spiro atoms. The Bertz CT molecular complexity index is 537. The van der Waals surface area contributed by atoms with Crippen molar-refractivity contribution in [2.45, 2.75) is 31.8 Å². The molecule has 2 saturated carbocycles. The molecule has 4 atom stereocenters. The van der Waals surface area contributed by atoms with E-state index in [4.69, 9.17) is 16.7 Å². The topological polar surface area (TPSA) is 49.3 Å². The molecular formula is C15H17BrClNO2. The molecule has 3 rings (SSSR count). The third-order valence-electron chi connectivity index (χ3n) is 4.76.